The number of carbonyl (C=O) groups excluding carboxylic acids is 2. The molecule has 0 radical (unpaired) electrons. The van der Waals surface area contributed by atoms with Crippen molar-refractivity contribution in [3.05, 3.63) is 64.7 Å². The van der Waals surface area contributed by atoms with Crippen molar-refractivity contribution in [1.29, 1.82) is 0 Å². The van der Waals surface area contributed by atoms with Crippen LogP contribution >= 0.6 is 0 Å². The number of rotatable bonds is 7. The second-order valence-electron chi connectivity index (χ2n) is 7.18. The first kappa shape index (κ1) is 21.4. The molecule has 0 aliphatic rings. The minimum absolute atomic E-state index is 0.208. The Morgan fingerprint density at radius 2 is 1.64 bits per heavy atom. The number of benzene rings is 2. The van der Waals surface area contributed by atoms with Gasteiger partial charge in [0.15, 0.2) is 0 Å². The number of likely N-dealkylation sites (N-methyl/N-ethyl adjacent to an activating group) is 1. The van der Waals surface area contributed by atoms with Crippen LogP contribution < -0.4 is 10.2 Å². The Hall–Kier alpha value is -2.86. The Morgan fingerprint density at radius 3 is 2.18 bits per heavy atom. The van der Waals surface area contributed by atoms with E-state index < -0.39 is 17.9 Å². The molecule has 2 rings (SSSR count). The molecule has 0 heterocycles. The first-order valence-corrected chi connectivity index (χ1v) is 9.23. The molecule has 2 aromatic carbocycles. The van der Waals surface area contributed by atoms with Crippen LogP contribution in [0.4, 0.5) is 0 Å². The van der Waals surface area contributed by atoms with Crippen LogP contribution in [-0.4, -0.2) is 35.0 Å². The van der Waals surface area contributed by atoms with Gasteiger partial charge in [0, 0.05) is 7.05 Å². The Kier molecular flexibility index (Phi) is 7.18. The third-order valence-electron chi connectivity index (χ3n) is 4.86. The van der Waals surface area contributed by atoms with E-state index in [0.717, 1.165) is 16.9 Å². The van der Waals surface area contributed by atoms with Gasteiger partial charge in [-0.2, -0.15) is 0 Å². The molecule has 0 unspecified atom stereocenters. The minimum Gasteiger partial charge on any atom is -0.489 e. The first-order chi connectivity index (χ1) is 13.2. The smallest absolute Gasteiger partial charge is 0.265 e. The minimum atomic E-state index is -0.764. The topological polar surface area (TPSA) is 78.9 Å². The first-order valence-electron chi connectivity index (χ1n) is 9.23. The molecule has 0 aliphatic carbocycles. The Morgan fingerprint density at radius 1 is 1.07 bits per heavy atom. The lowest BCUT2D eigenvalue weighted by Gasteiger charge is -2.26. The highest BCUT2D eigenvalue weighted by molar-refractivity contribution is 5.89. The van der Waals surface area contributed by atoms with Gasteiger partial charge < -0.3 is 9.64 Å². The third-order valence-corrected chi connectivity index (χ3v) is 4.86. The average molecular weight is 384 g/mol. The number of aryl methyl sites for hydroxylation is 2. The maximum Gasteiger partial charge on any atom is 0.265 e. The van der Waals surface area contributed by atoms with Gasteiger partial charge >= 0.3 is 0 Å². The van der Waals surface area contributed by atoms with Crippen LogP contribution in [0.25, 0.3) is 0 Å². The van der Waals surface area contributed by atoms with Gasteiger partial charge in [0.05, 0.1) is 5.92 Å². The monoisotopic (exact) mass is 384 g/mol. The third kappa shape index (κ3) is 5.33. The summed E-state index contributed by atoms with van der Waals surface area (Å²) in [4.78, 5) is 25.4. The molecule has 0 bridgehead atoms. The quantitative estimate of drug-likeness (QED) is 0.567. The van der Waals surface area contributed by atoms with E-state index >= 15 is 0 Å². The fourth-order valence-corrected chi connectivity index (χ4v) is 3.08. The fraction of sp³-hybridized carbons (Fsp3) is 0.364. The fourth-order valence-electron chi connectivity index (χ4n) is 3.08. The molecule has 6 heteroatoms. The predicted octanol–water partition coefficient (Wildman–Crippen LogP) is 3.34. The van der Waals surface area contributed by atoms with E-state index in [1.165, 1.54) is 16.0 Å². The number of nitrogens with zero attached hydrogens (tertiary/aromatic N) is 1. The molecule has 28 heavy (non-hydrogen) atoms. The highest BCUT2D eigenvalue weighted by Crippen LogP contribution is 2.22. The molecule has 2 atom stereocenters. The summed E-state index contributed by atoms with van der Waals surface area (Å²) in [5.74, 6) is -0.533. The average Bonchev–Trinajstić information content (AvgIpc) is 2.69. The molecule has 2 amide bonds. The summed E-state index contributed by atoms with van der Waals surface area (Å²) < 4.78 is 5.85. The normalized spacial score (nSPS) is 12.8. The van der Waals surface area contributed by atoms with E-state index in [-0.39, 0.29) is 5.91 Å². The van der Waals surface area contributed by atoms with E-state index in [1.807, 2.05) is 24.3 Å². The van der Waals surface area contributed by atoms with Gasteiger partial charge in [-0.25, -0.2) is 5.48 Å². The molecule has 0 aliphatic heterocycles. The SMILES string of the molecule is Cc1cc(C)cc(COc2ccc([C@@H](C)C(=O)N(C)[C@@H](C)C(=O)NO)cc2)c1. The number of ether oxygens (including phenoxy) is 1. The number of hydroxylamine groups is 1. The zero-order valence-corrected chi connectivity index (χ0v) is 17.0. The number of carbonyl (C=O) groups is 2. The molecule has 150 valence electrons. The second-order valence-corrected chi connectivity index (χ2v) is 7.18. The van der Waals surface area contributed by atoms with Gasteiger partial charge in [-0.05, 0) is 51.0 Å². The van der Waals surface area contributed by atoms with E-state index in [4.69, 9.17) is 9.94 Å². The zero-order valence-electron chi connectivity index (χ0n) is 17.0. The maximum atomic E-state index is 12.6. The highest BCUT2D eigenvalue weighted by Gasteiger charge is 2.26. The van der Waals surface area contributed by atoms with Crippen molar-refractivity contribution in [3.8, 4) is 5.75 Å². The molecular weight excluding hydrogens is 356 g/mol. The number of amides is 2. The maximum absolute atomic E-state index is 12.6. The van der Waals surface area contributed by atoms with Crippen molar-refractivity contribution < 1.29 is 19.5 Å². The van der Waals surface area contributed by atoms with Crippen LogP contribution in [0.15, 0.2) is 42.5 Å². The van der Waals surface area contributed by atoms with Gasteiger partial charge in [-0.3, -0.25) is 14.8 Å². The summed E-state index contributed by atoms with van der Waals surface area (Å²) in [6, 6.07) is 12.9. The summed E-state index contributed by atoms with van der Waals surface area (Å²) in [5.41, 5.74) is 5.92. The van der Waals surface area contributed by atoms with Gasteiger partial charge in [0.1, 0.15) is 18.4 Å². The van der Waals surface area contributed by atoms with Crippen molar-refractivity contribution in [3.63, 3.8) is 0 Å². The number of nitrogens with one attached hydrogen (secondary N) is 1. The van der Waals surface area contributed by atoms with Crippen LogP contribution in [0.3, 0.4) is 0 Å². The van der Waals surface area contributed by atoms with Gasteiger partial charge in [-0.1, -0.05) is 41.5 Å². The Labute approximate surface area is 166 Å². The van der Waals surface area contributed by atoms with Crippen molar-refractivity contribution in [1.82, 2.24) is 10.4 Å². The van der Waals surface area contributed by atoms with Gasteiger partial charge in [0.2, 0.25) is 5.91 Å². The van der Waals surface area contributed by atoms with Crippen molar-refractivity contribution in [2.45, 2.75) is 46.3 Å². The molecule has 0 fully saturated rings. The standard InChI is InChI=1S/C22H28N2O4/c1-14-10-15(2)12-18(11-14)13-28-20-8-6-19(7-9-20)16(3)22(26)24(5)17(4)21(25)23-27/h6-12,16-17,27H,13H2,1-5H3,(H,23,25)/t16-,17+/m1/s1. The molecule has 0 aromatic heterocycles. The summed E-state index contributed by atoms with van der Waals surface area (Å²) in [6.45, 7) is 7.94. The van der Waals surface area contributed by atoms with Gasteiger partial charge in [-0.15, -0.1) is 0 Å². The van der Waals surface area contributed by atoms with E-state index in [1.54, 1.807) is 26.4 Å². The van der Waals surface area contributed by atoms with Crippen LogP contribution in [0.5, 0.6) is 5.75 Å². The van der Waals surface area contributed by atoms with Crippen LogP contribution in [-0.2, 0) is 16.2 Å². The van der Waals surface area contributed by atoms with Gasteiger partial charge in [0.25, 0.3) is 5.91 Å². The largest absolute Gasteiger partial charge is 0.489 e. The molecule has 2 aromatic rings. The van der Waals surface area contributed by atoms with Crippen LogP contribution in [0, 0.1) is 13.8 Å². The van der Waals surface area contributed by atoms with Crippen LogP contribution in [0.2, 0.25) is 0 Å². The number of hydrogen-bond acceptors (Lipinski definition) is 4. The molecule has 0 spiro atoms. The lowest BCUT2D eigenvalue weighted by molar-refractivity contribution is -0.143. The molecular formula is C22H28N2O4. The van der Waals surface area contributed by atoms with Crippen molar-refractivity contribution >= 4 is 11.8 Å². The Balaban J connectivity index is 2.00. The summed E-state index contributed by atoms with van der Waals surface area (Å²) in [5, 5.41) is 8.73. The van der Waals surface area contributed by atoms with E-state index in [2.05, 4.69) is 32.0 Å². The number of hydrogen-bond donors (Lipinski definition) is 2. The molecule has 6 nitrogen and oxygen atoms in total. The van der Waals surface area contributed by atoms with E-state index in [9.17, 15) is 9.59 Å². The molecule has 2 N–H and O–H groups in total. The predicted molar refractivity (Wildman–Crippen MR) is 107 cm³/mol. The molecule has 0 saturated heterocycles. The lowest BCUT2D eigenvalue weighted by Crippen LogP contribution is -2.46. The zero-order chi connectivity index (χ0) is 20.8. The van der Waals surface area contributed by atoms with Crippen molar-refractivity contribution in [2.75, 3.05) is 7.05 Å². The second kappa shape index (κ2) is 9.37. The molecule has 0 saturated carbocycles. The van der Waals surface area contributed by atoms with Crippen molar-refractivity contribution in [2.24, 2.45) is 0 Å². The Bertz CT molecular complexity index is 813. The van der Waals surface area contributed by atoms with Crippen LogP contribution in [0.1, 0.15) is 42.0 Å². The highest BCUT2D eigenvalue weighted by atomic mass is 16.5. The summed E-state index contributed by atoms with van der Waals surface area (Å²) in [6.07, 6.45) is 0. The van der Waals surface area contributed by atoms with E-state index in [0.29, 0.717) is 6.61 Å². The summed E-state index contributed by atoms with van der Waals surface area (Å²) >= 11 is 0. The lowest BCUT2D eigenvalue weighted by atomic mass is 9.99. The summed E-state index contributed by atoms with van der Waals surface area (Å²) in [7, 11) is 1.54.